The first-order valence-corrected chi connectivity index (χ1v) is 6.39. The Labute approximate surface area is 105 Å². The largest absolute Gasteiger partial charge is 0.416 e. The highest BCUT2D eigenvalue weighted by molar-refractivity contribution is 5.46. The number of benzene rings is 1. The lowest BCUT2D eigenvalue weighted by Crippen LogP contribution is -2.26. The van der Waals surface area contributed by atoms with Gasteiger partial charge in [0.15, 0.2) is 0 Å². The maximum absolute atomic E-state index is 12.4. The minimum absolute atomic E-state index is 0.394. The fraction of sp³-hybridized carbons (Fsp3) is 0.571. The molecule has 1 N–H and O–H groups in total. The van der Waals surface area contributed by atoms with Crippen LogP contribution in [0.15, 0.2) is 24.3 Å². The molecule has 2 atom stereocenters. The molecule has 0 amide bonds. The summed E-state index contributed by atoms with van der Waals surface area (Å²) in [6.45, 7) is 2.22. The normalized spacial score (nSPS) is 24.9. The second-order valence-corrected chi connectivity index (χ2v) is 5.19. The fourth-order valence-corrected chi connectivity index (χ4v) is 2.56. The second kappa shape index (κ2) is 5.21. The molecule has 0 heterocycles. The van der Waals surface area contributed by atoms with Crippen LogP contribution in [0.5, 0.6) is 0 Å². The number of rotatable bonds is 2. The Bertz CT molecular complexity index is 383. The molecule has 1 aliphatic carbocycles. The standard InChI is InChI=1S/C14H18F3N/c1-10-3-2-4-13(9-10)18-12-7-5-11(6-8-12)14(15,16)17/h5-8,10,13,18H,2-4,9H2,1H3. The molecule has 1 aromatic carbocycles. The topological polar surface area (TPSA) is 12.0 Å². The van der Waals surface area contributed by atoms with Crippen molar-refractivity contribution in [1.82, 2.24) is 0 Å². The average Bonchev–Trinajstić information content (AvgIpc) is 2.28. The van der Waals surface area contributed by atoms with Crippen molar-refractivity contribution in [2.24, 2.45) is 5.92 Å². The van der Waals surface area contributed by atoms with Gasteiger partial charge in [0, 0.05) is 11.7 Å². The Morgan fingerprint density at radius 2 is 1.78 bits per heavy atom. The van der Waals surface area contributed by atoms with Gasteiger partial charge in [-0.2, -0.15) is 13.2 Å². The summed E-state index contributed by atoms with van der Waals surface area (Å²) in [5.74, 6) is 0.700. The molecule has 1 nitrogen and oxygen atoms in total. The van der Waals surface area contributed by atoms with Crippen LogP contribution in [0.1, 0.15) is 38.2 Å². The van der Waals surface area contributed by atoms with E-state index < -0.39 is 11.7 Å². The number of hydrogen-bond donors (Lipinski definition) is 1. The van der Waals surface area contributed by atoms with Gasteiger partial charge in [-0.1, -0.05) is 19.8 Å². The van der Waals surface area contributed by atoms with Crippen LogP contribution in [-0.2, 0) is 6.18 Å². The SMILES string of the molecule is CC1CCCC(Nc2ccc(C(F)(F)F)cc2)C1. The van der Waals surface area contributed by atoms with E-state index in [0.29, 0.717) is 12.0 Å². The highest BCUT2D eigenvalue weighted by atomic mass is 19.4. The van der Waals surface area contributed by atoms with Crippen molar-refractivity contribution in [3.8, 4) is 0 Å². The lowest BCUT2D eigenvalue weighted by Gasteiger charge is -2.28. The van der Waals surface area contributed by atoms with Crippen LogP contribution in [0.2, 0.25) is 0 Å². The summed E-state index contributed by atoms with van der Waals surface area (Å²) in [7, 11) is 0. The Hall–Kier alpha value is -1.19. The smallest absolute Gasteiger partial charge is 0.382 e. The van der Waals surface area contributed by atoms with Crippen LogP contribution < -0.4 is 5.32 Å². The van der Waals surface area contributed by atoms with Gasteiger partial charge in [-0.3, -0.25) is 0 Å². The monoisotopic (exact) mass is 257 g/mol. The molecule has 1 fully saturated rings. The van der Waals surface area contributed by atoms with Crippen LogP contribution in [0, 0.1) is 5.92 Å². The van der Waals surface area contributed by atoms with Crippen molar-refractivity contribution in [2.45, 2.75) is 44.8 Å². The Kier molecular flexibility index (Phi) is 3.83. The van der Waals surface area contributed by atoms with E-state index in [9.17, 15) is 13.2 Å². The van der Waals surface area contributed by atoms with E-state index >= 15 is 0 Å². The lowest BCUT2D eigenvalue weighted by molar-refractivity contribution is -0.137. The molecule has 1 aliphatic rings. The van der Waals surface area contributed by atoms with E-state index in [4.69, 9.17) is 0 Å². The van der Waals surface area contributed by atoms with Crippen molar-refractivity contribution in [3.63, 3.8) is 0 Å². The molecule has 2 unspecified atom stereocenters. The highest BCUT2D eigenvalue weighted by Gasteiger charge is 2.30. The van der Waals surface area contributed by atoms with E-state index in [2.05, 4.69) is 12.2 Å². The summed E-state index contributed by atoms with van der Waals surface area (Å²) < 4.78 is 37.2. The number of nitrogens with one attached hydrogen (secondary N) is 1. The van der Waals surface area contributed by atoms with Gasteiger partial charge in [0.25, 0.3) is 0 Å². The number of anilines is 1. The summed E-state index contributed by atoms with van der Waals surface area (Å²) in [6.07, 6.45) is 0.398. The number of hydrogen-bond acceptors (Lipinski definition) is 1. The first kappa shape index (κ1) is 13.2. The van der Waals surface area contributed by atoms with Crippen molar-refractivity contribution in [3.05, 3.63) is 29.8 Å². The summed E-state index contributed by atoms with van der Waals surface area (Å²) in [5, 5.41) is 3.32. The lowest BCUT2D eigenvalue weighted by atomic mass is 9.87. The summed E-state index contributed by atoms with van der Waals surface area (Å²) >= 11 is 0. The predicted molar refractivity (Wildman–Crippen MR) is 66.5 cm³/mol. The summed E-state index contributed by atoms with van der Waals surface area (Å²) in [6, 6.07) is 5.69. The van der Waals surface area contributed by atoms with E-state index in [0.717, 1.165) is 30.7 Å². The Morgan fingerprint density at radius 3 is 2.33 bits per heavy atom. The average molecular weight is 257 g/mol. The molecule has 2 rings (SSSR count). The molecule has 0 saturated heterocycles. The van der Waals surface area contributed by atoms with E-state index in [1.54, 1.807) is 0 Å². The molecule has 1 aromatic rings. The minimum atomic E-state index is -4.25. The van der Waals surface area contributed by atoms with Gasteiger partial charge in [-0.25, -0.2) is 0 Å². The first-order valence-electron chi connectivity index (χ1n) is 6.39. The third-order valence-electron chi connectivity index (χ3n) is 3.52. The van der Waals surface area contributed by atoms with Crippen LogP contribution >= 0.6 is 0 Å². The van der Waals surface area contributed by atoms with Crippen LogP contribution in [0.25, 0.3) is 0 Å². The van der Waals surface area contributed by atoms with Crippen molar-refractivity contribution >= 4 is 5.69 Å². The summed E-state index contributed by atoms with van der Waals surface area (Å²) in [5.41, 5.74) is 0.187. The van der Waals surface area contributed by atoms with Crippen molar-refractivity contribution in [1.29, 1.82) is 0 Å². The predicted octanol–water partition coefficient (Wildman–Crippen LogP) is 4.70. The minimum Gasteiger partial charge on any atom is -0.382 e. The van der Waals surface area contributed by atoms with Gasteiger partial charge in [0.1, 0.15) is 0 Å². The molecule has 0 radical (unpaired) electrons. The zero-order valence-corrected chi connectivity index (χ0v) is 10.4. The van der Waals surface area contributed by atoms with Gasteiger partial charge in [-0.15, -0.1) is 0 Å². The van der Waals surface area contributed by atoms with Crippen LogP contribution in [-0.4, -0.2) is 6.04 Å². The van der Waals surface area contributed by atoms with Crippen molar-refractivity contribution in [2.75, 3.05) is 5.32 Å². The first-order chi connectivity index (χ1) is 8.45. The third kappa shape index (κ3) is 3.40. The van der Waals surface area contributed by atoms with E-state index in [-0.39, 0.29) is 0 Å². The maximum atomic E-state index is 12.4. The number of halogens is 3. The van der Waals surface area contributed by atoms with Gasteiger partial charge >= 0.3 is 6.18 Å². The van der Waals surface area contributed by atoms with Crippen LogP contribution in [0.3, 0.4) is 0 Å². The van der Waals surface area contributed by atoms with E-state index in [1.165, 1.54) is 25.0 Å². The Morgan fingerprint density at radius 1 is 1.11 bits per heavy atom. The van der Waals surface area contributed by atoms with Gasteiger partial charge in [-0.05, 0) is 43.0 Å². The van der Waals surface area contributed by atoms with E-state index in [1.807, 2.05) is 0 Å². The molecule has 18 heavy (non-hydrogen) atoms. The summed E-state index contributed by atoms with van der Waals surface area (Å²) in [4.78, 5) is 0. The van der Waals surface area contributed by atoms with Crippen molar-refractivity contribution < 1.29 is 13.2 Å². The van der Waals surface area contributed by atoms with Crippen LogP contribution in [0.4, 0.5) is 18.9 Å². The molecular weight excluding hydrogens is 239 g/mol. The molecular formula is C14H18F3N. The molecule has 0 bridgehead atoms. The molecule has 100 valence electrons. The molecule has 4 heteroatoms. The fourth-order valence-electron chi connectivity index (χ4n) is 2.56. The zero-order valence-electron chi connectivity index (χ0n) is 10.4. The molecule has 0 aromatic heterocycles. The second-order valence-electron chi connectivity index (χ2n) is 5.19. The molecule has 0 spiro atoms. The van der Waals surface area contributed by atoms with Gasteiger partial charge in [0.05, 0.1) is 5.56 Å². The quantitative estimate of drug-likeness (QED) is 0.810. The Balaban J connectivity index is 1.98. The molecule has 1 saturated carbocycles. The highest BCUT2D eigenvalue weighted by Crippen LogP contribution is 2.31. The van der Waals surface area contributed by atoms with Gasteiger partial charge < -0.3 is 5.32 Å². The third-order valence-corrected chi connectivity index (χ3v) is 3.52. The molecule has 0 aliphatic heterocycles. The zero-order chi connectivity index (χ0) is 13.2. The van der Waals surface area contributed by atoms with Gasteiger partial charge in [0.2, 0.25) is 0 Å². The maximum Gasteiger partial charge on any atom is 0.416 e. The number of alkyl halides is 3.